The Hall–Kier alpha value is -1.01. The molecule has 108 valence electrons. The van der Waals surface area contributed by atoms with Gasteiger partial charge >= 0.3 is 0 Å². The van der Waals surface area contributed by atoms with E-state index >= 15 is 0 Å². The van der Waals surface area contributed by atoms with Crippen LogP contribution in [0.1, 0.15) is 30.4 Å². The summed E-state index contributed by atoms with van der Waals surface area (Å²) in [4.78, 5) is 0. The largest absolute Gasteiger partial charge is 0.486 e. The lowest BCUT2D eigenvalue weighted by atomic mass is 10.2. The fourth-order valence-electron chi connectivity index (χ4n) is 1.93. The first-order chi connectivity index (χ1) is 9.69. The number of furan rings is 1. The first-order valence-corrected chi connectivity index (χ1v) is 7.94. The Morgan fingerprint density at radius 2 is 2.15 bits per heavy atom. The van der Waals surface area contributed by atoms with Gasteiger partial charge in [-0.15, -0.1) is 0 Å². The van der Waals surface area contributed by atoms with Crippen LogP contribution in [0.2, 0.25) is 0 Å². The van der Waals surface area contributed by atoms with E-state index in [2.05, 4.69) is 47.8 Å². The second-order valence-electron chi connectivity index (χ2n) is 4.74. The first-order valence-electron chi connectivity index (χ1n) is 6.86. The Kier molecular flexibility index (Phi) is 5.91. The predicted molar refractivity (Wildman–Crippen MR) is 88.9 cm³/mol. The molecule has 0 unspecified atom stereocenters. The van der Waals surface area contributed by atoms with Crippen molar-refractivity contribution < 1.29 is 9.15 Å². The van der Waals surface area contributed by atoms with Gasteiger partial charge in [-0.3, -0.25) is 0 Å². The summed E-state index contributed by atoms with van der Waals surface area (Å²) >= 11 is 2.28. The van der Waals surface area contributed by atoms with Gasteiger partial charge in [0.2, 0.25) is 0 Å². The molecule has 0 radical (unpaired) electrons. The topological polar surface area (TPSA) is 34.4 Å². The molecule has 0 fully saturated rings. The van der Waals surface area contributed by atoms with Gasteiger partial charge < -0.3 is 14.5 Å². The fourth-order valence-corrected chi connectivity index (χ4v) is 2.44. The minimum absolute atomic E-state index is 0.467. The molecule has 4 heteroatoms. The molecule has 0 amide bonds. The summed E-state index contributed by atoms with van der Waals surface area (Å²) in [6.45, 7) is 6.48. The van der Waals surface area contributed by atoms with Crippen LogP contribution in [0, 0.1) is 10.5 Å². The van der Waals surface area contributed by atoms with E-state index < -0.39 is 0 Å². The zero-order valence-corrected chi connectivity index (χ0v) is 14.1. The molecule has 0 spiro atoms. The molecule has 20 heavy (non-hydrogen) atoms. The van der Waals surface area contributed by atoms with Crippen molar-refractivity contribution in [2.75, 3.05) is 6.54 Å². The lowest BCUT2D eigenvalue weighted by Crippen LogP contribution is -2.13. The van der Waals surface area contributed by atoms with E-state index in [1.807, 2.05) is 24.3 Å². The van der Waals surface area contributed by atoms with Gasteiger partial charge in [0.15, 0.2) is 0 Å². The van der Waals surface area contributed by atoms with E-state index in [0.717, 1.165) is 36.8 Å². The zero-order valence-electron chi connectivity index (χ0n) is 11.9. The summed E-state index contributed by atoms with van der Waals surface area (Å²) in [6.07, 6.45) is 1.13. The molecule has 1 heterocycles. The highest BCUT2D eigenvalue weighted by atomic mass is 127. The third kappa shape index (κ3) is 4.52. The summed E-state index contributed by atoms with van der Waals surface area (Å²) in [7, 11) is 0. The Morgan fingerprint density at radius 3 is 2.90 bits per heavy atom. The van der Waals surface area contributed by atoms with Crippen LogP contribution in [-0.2, 0) is 13.2 Å². The minimum Gasteiger partial charge on any atom is -0.486 e. The maximum Gasteiger partial charge on any atom is 0.146 e. The van der Waals surface area contributed by atoms with Gasteiger partial charge in [0.25, 0.3) is 0 Å². The molecule has 1 N–H and O–H groups in total. The van der Waals surface area contributed by atoms with Crippen molar-refractivity contribution in [3.63, 3.8) is 0 Å². The van der Waals surface area contributed by atoms with Crippen LogP contribution in [0.5, 0.6) is 5.75 Å². The highest BCUT2D eigenvalue weighted by Gasteiger charge is 2.08. The first kappa shape index (κ1) is 15.4. The molecule has 0 aliphatic heterocycles. The van der Waals surface area contributed by atoms with E-state index in [-0.39, 0.29) is 0 Å². The average molecular weight is 385 g/mol. The Morgan fingerprint density at radius 1 is 1.30 bits per heavy atom. The van der Waals surface area contributed by atoms with Gasteiger partial charge in [-0.2, -0.15) is 0 Å². The smallest absolute Gasteiger partial charge is 0.146 e. The van der Waals surface area contributed by atoms with Crippen molar-refractivity contribution in [2.45, 2.75) is 33.4 Å². The standard InChI is InChI=1S/C16H20INO2/c1-3-7-18-10-16-12(2)8-15(20-16)11-19-14-6-4-5-13(17)9-14/h4-6,8-9,18H,3,7,10-11H2,1-2H3. The number of ether oxygens (including phenoxy) is 1. The van der Waals surface area contributed by atoms with Crippen LogP contribution >= 0.6 is 22.6 Å². The van der Waals surface area contributed by atoms with Crippen molar-refractivity contribution in [1.29, 1.82) is 0 Å². The molecule has 0 saturated carbocycles. The van der Waals surface area contributed by atoms with Crippen molar-refractivity contribution in [2.24, 2.45) is 0 Å². The van der Waals surface area contributed by atoms with Gasteiger partial charge in [-0.05, 0) is 72.3 Å². The SMILES string of the molecule is CCCNCc1oc(COc2cccc(I)c2)cc1C. The predicted octanol–water partition coefficient (Wildman–Crippen LogP) is 4.27. The van der Waals surface area contributed by atoms with Crippen molar-refractivity contribution >= 4 is 22.6 Å². The van der Waals surface area contributed by atoms with E-state index in [0.29, 0.717) is 6.61 Å². The number of nitrogens with one attached hydrogen (secondary N) is 1. The Bertz CT molecular complexity index is 551. The third-order valence-electron chi connectivity index (χ3n) is 2.96. The third-order valence-corrected chi connectivity index (χ3v) is 3.63. The van der Waals surface area contributed by atoms with Crippen molar-refractivity contribution in [3.05, 3.63) is 51.0 Å². The molecule has 0 atom stereocenters. The average Bonchev–Trinajstić information content (AvgIpc) is 2.78. The van der Waals surface area contributed by atoms with Crippen molar-refractivity contribution in [3.8, 4) is 5.75 Å². The number of rotatable bonds is 7. The summed E-state index contributed by atoms with van der Waals surface area (Å²) in [5.41, 5.74) is 1.18. The molecular weight excluding hydrogens is 365 g/mol. The molecule has 0 saturated heterocycles. The summed E-state index contributed by atoms with van der Waals surface area (Å²) in [6, 6.07) is 10.1. The second-order valence-corrected chi connectivity index (χ2v) is 5.99. The van der Waals surface area contributed by atoms with Gasteiger partial charge in [0, 0.05) is 3.57 Å². The van der Waals surface area contributed by atoms with Gasteiger partial charge in [0.1, 0.15) is 23.9 Å². The van der Waals surface area contributed by atoms with Crippen LogP contribution < -0.4 is 10.1 Å². The second kappa shape index (κ2) is 7.69. The molecular formula is C16H20INO2. The van der Waals surface area contributed by atoms with Crippen LogP contribution in [0.25, 0.3) is 0 Å². The Balaban J connectivity index is 1.91. The van der Waals surface area contributed by atoms with E-state index in [1.54, 1.807) is 0 Å². The molecule has 2 rings (SSSR count). The lowest BCUT2D eigenvalue weighted by Gasteiger charge is -2.04. The normalized spacial score (nSPS) is 10.8. The number of hydrogen-bond acceptors (Lipinski definition) is 3. The highest BCUT2D eigenvalue weighted by molar-refractivity contribution is 14.1. The van der Waals surface area contributed by atoms with Crippen LogP contribution in [0.4, 0.5) is 0 Å². The number of hydrogen-bond donors (Lipinski definition) is 1. The summed E-state index contributed by atoms with van der Waals surface area (Å²) < 4.78 is 12.7. The highest BCUT2D eigenvalue weighted by Crippen LogP contribution is 2.19. The van der Waals surface area contributed by atoms with Crippen LogP contribution in [0.3, 0.4) is 0 Å². The maximum atomic E-state index is 5.82. The Labute approximate surface area is 133 Å². The number of aryl methyl sites for hydroxylation is 1. The number of benzene rings is 1. The molecule has 0 aliphatic carbocycles. The minimum atomic E-state index is 0.467. The van der Waals surface area contributed by atoms with E-state index in [9.17, 15) is 0 Å². The zero-order chi connectivity index (χ0) is 14.4. The van der Waals surface area contributed by atoms with Crippen LogP contribution in [0.15, 0.2) is 34.7 Å². The van der Waals surface area contributed by atoms with E-state index in [1.165, 1.54) is 9.13 Å². The fraction of sp³-hybridized carbons (Fsp3) is 0.375. The van der Waals surface area contributed by atoms with Gasteiger partial charge in [-0.1, -0.05) is 13.0 Å². The van der Waals surface area contributed by atoms with Gasteiger partial charge in [-0.25, -0.2) is 0 Å². The van der Waals surface area contributed by atoms with Crippen LogP contribution in [-0.4, -0.2) is 6.54 Å². The van der Waals surface area contributed by atoms with Crippen molar-refractivity contribution in [1.82, 2.24) is 5.32 Å². The lowest BCUT2D eigenvalue weighted by molar-refractivity contribution is 0.265. The number of halogens is 1. The molecule has 0 aliphatic rings. The van der Waals surface area contributed by atoms with Gasteiger partial charge in [0.05, 0.1) is 6.54 Å². The molecule has 1 aromatic heterocycles. The summed E-state index contributed by atoms with van der Waals surface area (Å²) in [5.74, 6) is 2.74. The monoisotopic (exact) mass is 385 g/mol. The molecule has 1 aromatic carbocycles. The quantitative estimate of drug-likeness (QED) is 0.571. The molecule has 0 bridgehead atoms. The molecule has 2 aromatic rings. The van der Waals surface area contributed by atoms with E-state index in [4.69, 9.17) is 9.15 Å². The molecule has 3 nitrogen and oxygen atoms in total. The maximum absolute atomic E-state index is 5.82. The summed E-state index contributed by atoms with van der Waals surface area (Å²) in [5, 5.41) is 3.35.